The minimum Gasteiger partial charge on any atom is -0.493 e. The van der Waals surface area contributed by atoms with Crippen molar-refractivity contribution in [1.29, 1.82) is 0 Å². The zero-order valence-corrected chi connectivity index (χ0v) is 17.5. The summed E-state index contributed by atoms with van der Waals surface area (Å²) in [4.78, 5) is 2.50. The standard InChI is InChI=1S/C22H30N2O2.ClH/c1-22(2)15-24(11-10-21(22)23)14-17-12-19(25-3)20(26-4)13-18(17)16-8-6-5-7-9-16;/h5-9,12-13,21H,10-11,14-15,23H2,1-4H3;1H. The highest BCUT2D eigenvalue weighted by atomic mass is 35.5. The quantitative estimate of drug-likeness (QED) is 0.824. The Hall–Kier alpha value is -1.75. The van der Waals surface area contributed by atoms with E-state index in [9.17, 15) is 0 Å². The molecule has 0 aliphatic carbocycles. The summed E-state index contributed by atoms with van der Waals surface area (Å²) in [7, 11) is 3.37. The van der Waals surface area contributed by atoms with Gasteiger partial charge in [0, 0.05) is 25.7 Å². The fraction of sp³-hybridized carbons (Fsp3) is 0.455. The molecule has 0 aromatic heterocycles. The molecule has 1 aliphatic heterocycles. The normalized spacial score (nSPS) is 19.2. The highest BCUT2D eigenvalue weighted by molar-refractivity contribution is 5.85. The molecule has 148 valence electrons. The first-order valence-corrected chi connectivity index (χ1v) is 9.23. The van der Waals surface area contributed by atoms with Crippen LogP contribution < -0.4 is 15.2 Å². The average Bonchev–Trinajstić information content (AvgIpc) is 2.64. The summed E-state index contributed by atoms with van der Waals surface area (Å²) in [5.41, 5.74) is 10.1. The summed E-state index contributed by atoms with van der Waals surface area (Å²) in [5, 5.41) is 0. The molecule has 2 aromatic rings. The minimum absolute atomic E-state index is 0. The molecule has 1 saturated heterocycles. The number of rotatable bonds is 5. The molecule has 0 amide bonds. The molecule has 3 rings (SSSR count). The van der Waals surface area contributed by atoms with Crippen LogP contribution in [0.4, 0.5) is 0 Å². The molecule has 0 spiro atoms. The minimum atomic E-state index is 0. The third-order valence-corrected chi connectivity index (χ3v) is 5.48. The lowest BCUT2D eigenvalue weighted by Gasteiger charge is -2.42. The van der Waals surface area contributed by atoms with Gasteiger partial charge in [-0.25, -0.2) is 0 Å². The number of hydrogen-bond acceptors (Lipinski definition) is 4. The van der Waals surface area contributed by atoms with Crippen molar-refractivity contribution >= 4 is 12.4 Å². The molecule has 1 unspecified atom stereocenters. The fourth-order valence-corrected chi connectivity index (χ4v) is 3.80. The van der Waals surface area contributed by atoms with Crippen LogP contribution in [0.2, 0.25) is 0 Å². The second kappa shape index (κ2) is 8.96. The summed E-state index contributed by atoms with van der Waals surface area (Å²) < 4.78 is 11.1. The van der Waals surface area contributed by atoms with Crippen LogP contribution in [0.25, 0.3) is 11.1 Å². The van der Waals surface area contributed by atoms with E-state index in [4.69, 9.17) is 15.2 Å². The first kappa shape index (κ1) is 21.5. The number of nitrogens with two attached hydrogens (primary N) is 1. The SMILES string of the molecule is COc1cc(CN2CCC(N)C(C)(C)C2)c(-c2ccccc2)cc1OC.Cl. The predicted molar refractivity (Wildman–Crippen MR) is 114 cm³/mol. The number of methoxy groups -OCH3 is 2. The highest BCUT2D eigenvalue weighted by Crippen LogP contribution is 2.37. The molecule has 0 bridgehead atoms. The van der Waals surface area contributed by atoms with Gasteiger partial charge < -0.3 is 15.2 Å². The van der Waals surface area contributed by atoms with E-state index in [1.165, 1.54) is 16.7 Å². The maximum Gasteiger partial charge on any atom is 0.161 e. The molecule has 1 heterocycles. The summed E-state index contributed by atoms with van der Waals surface area (Å²) in [6.07, 6.45) is 1.03. The predicted octanol–water partition coefficient (Wildman–Crippen LogP) is 4.35. The Morgan fingerprint density at radius 2 is 1.70 bits per heavy atom. The van der Waals surface area contributed by atoms with Gasteiger partial charge in [0.2, 0.25) is 0 Å². The average molecular weight is 391 g/mol. The number of likely N-dealkylation sites (tertiary alicyclic amines) is 1. The Morgan fingerprint density at radius 3 is 2.30 bits per heavy atom. The monoisotopic (exact) mass is 390 g/mol. The number of hydrogen-bond donors (Lipinski definition) is 1. The van der Waals surface area contributed by atoms with E-state index < -0.39 is 0 Å². The van der Waals surface area contributed by atoms with Crippen molar-refractivity contribution < 1.29 is 9.47 Å². The van der Waals surface area contributed by atoms with Crippen molar-refractivity contribution in [2.75, 3.05) is 27.3 Å². The van der Waals surface area contributed by atoms with E-state index in [-0.39, 0.29) is 23.9 Å². The van der Waals surface area contributed by atoms with Gasteiger partial charge in [0.15, 0.2) is 11.5 Å². The van der Waals surface area contributed by atoms with Crippen molar-refractivity contribution in [3.8, 4) is 22.6 Å². The molecular formula is C22H31ClN2O2. The third kappa shape index (κ3) is 4.75. The van der Waals surface area contributed by atoms with Crippen molar-refractivity contribution in [3.63, 3.8) is 0 Å². The largest absolute Gasteiger partial charge is 0.493 e. The Bertz CT molecular complexity index is 749. The van der Waals surface area contributed by atoms with E-state index in [1.807, 2.05) is 6.07 Å². The highest BCUT2D eigenvalue weighted by Gasteiger charge is 2.33. The topological polar surface area (TPSA) is 47.7 Å². The zero-order valence-electron chi connectivity index (χ0n) is 16.7. The van der Waals surface area contributed by atoms with E-state index in [0.717, 1.165) is 37.6 Å². The summed E-state index contributed by atoms with van der Waals surface area (Å²) in [6.45, 7) is 7.41. The molecule has 1 atom stereocenters. The van der Waals surface area contributed by atoms with Crippen LogP contribution in [0.3, 0.4) is 0 Å². The Labute approximate surface area is 169 Å². The molecule has 5 heteroatoms. The van der Waals surface area contributed by atoms with Crippen molar-refractivity contribution in [2.45, 2.75) is 32.9 Å². The number of halogens is 1. The van der Waals surface area contributed by atoms with Gasteiger partial charge in [-0.15, -0.1) is 12.4 Å². The van der Waals surface area contributed by atoms with Gasteiger partial charge in [-0.2, -0.15) is 0 Å². The zero-order chi connectivity index (χ0) is 18.7. The molecular weight excluding hydrogens is 360 g/mol. The van der Waals surface area contributed by atoms with Crippen LogP contribution in [0.15, 0.2) is 42.5 Å². The maximum atomic E-state index is 6.31. The Balaban J connectivity index is 0.00000261. The lowest BCUT2D eigenvalue weighted by atomic mass is 9.79. The van der Waals surface area contributed by atoms with E-state index >= 15 is 0 Å². The first-order chi connectivity index (χ1) is 12.4. The number of nitrogens with zero attached hydrogens (tertiary/aromatic N) is 1. The molecule has 1 aliphatic rings. The lowest BCUT2D eigenvalue weighted by Crippen LogP contribution is -2.52. The van der Waals surface area contributed by atoms with Gasteiger partial charge in [-0.3, -0.25) is 4.90 Å². The van der Waals surface area contributed by atoms with Crippen LogP contribution in [0, 0.1) is 5.41 Å². The van der Waals surface area contributed by atoms with Gasteiger partial charge >= 0.3 is 0 Å². The fourth-order valence-electron chi connectivity index (χ4n) is 3.80. The molecule has 0 saturated carbocycles. The number of piperidine rings is 1. The maximum absolute atomic E-state index is 6.31. The smallest absolute Gasteiger partial charge is 0.161 e. The van der Waals surface area contributed by atoms with Gasteiger partial charge in [-0.1, -0.05) is 44.2 Å². The van der Waals surface area contributed by atoms with E-state index in [2.05, 4.69) is 55.1 Å². The van der Waals surface area contributed by atoms with E-state index in [1.54, 1.807) is 14.2 Å². The van der Waals surface area contributed by atoms with Gasteiger partial charge in [0.25, 0.3) is 0 Å². The Kier molecular flexibility index (Phi) is 7.15. The summed E-state index contributed by atoms with van der Waals surface area (Å²) in [5.74, 6) is 1.53. The molecule has 0 radical (unpaired) electrons. The summed E-state index contributed by atoms with van der Waals surface area (Å²) in [6, 6.07) is 14.9. The van der Waals surface area contributed by atoms with Crippen molar-refractivity contribution in [2.24, 2.45) is 11.1 Å². The first-order valence-electron chi connectivity index (χ1n) is 9.23. The molecule has 27 heavy (non-hydrogen) atoms. The summed E-state index contributed by atoms with van der Waals surface area (Å²) >= 11 is 0. The Morgan fingerprint density at radius 1 is 1.07 bits per heavy atom. The number of benzene rings is 2. The third-order valence-electron chi connectivity index (χ3n) is 5.48. The van der Waals surface area contributed by atoms with E-state index in [0.29, 0.717) is 0 Å². The van der Waals surface area contributed by atoms with Crippen LogP contribution >= 0.6 is 12.4 Å². The second-order valence-corrected chi connectivity index (χ2v) is 7.82. The molecule has 2 N–H and O–H groups in total. The van der Waals surface area contributed by atoms with Crippen molar-refractivity contribution in [3.05, 3.63) is 48.0 Å². The van der Waals surface area contributed by atoms with Gasteiger partial charge in [0.1, 0.15) is 0 Å². The van der Waals surface area contributed by atoms with Crippen LogP contribution in [0.1, 0.15) is 25.8 Å². The van der Waals surface area contributed by atoms with Crippen molar-refractivity contribution in [1.82, 2.24) is 4.90 Å². The molecule has 1 fully saturated rings. The van der Waals surface area contributed by atoms with Gasteiger partial charge in [0.05, 0.1) is 14.2 Å². The lowest BCUT2D eigenvalue weighted by molar-refractivity contribution is 0.0899. The van der Waals surface area contributed by atoms with Crippen LogP contribution in [0.5, 0.6) is 11.5 Å². The molecule has 4 nitrogen and oxygen atoms in total. The number of ether oxygens (including phenoxy) is 2. The second-order valence-electron chi connectivity index (χ2n) is 7.82. The van der Waals surface area contributed by atoms with Crippen LogP contribution in [-0.2, 0) is 6.54 Å². The molecule has 2 aromatic carbocycles. The van der Waals surface area contributed by atoms with Crippen LogP contribution in [-0.4, -0.2) is 38.3 Å². The van der Waals surface area contributed by atoms with Gasteiger partial charge in [-0.05, 0) is 40.7 Å².